The Bertz CT molecular complexity index is 763. The topological polar surface area (TPSA) is 53.2 Å². The van der Waals surface area contributed by atoms with Gasteiger partial charge in [0.15, 0.2) is 0 Å². The number of aromatic amines is 1. The molecule has 1 aliphatic rings. The fraction of sp³-hybridized carbons (Fsp3) is 0.400. The Morgan fingerprint density at radius 3 is 2.58 bits per heavy atom. The van der Waals surface area contributed by atoms with Crippen molar-refractivity contribution in [2.24, 2.45) is 5.92 Å². The Balaban J connectivity index is 1.91. The maximum Gasteiger partial charge on any atom is 0.254 e. The third kappa shape index (κ3) is 3.75. The number of pyridine rings is 1. The van der Waals surface area contributed by atoms with Gasteiger partial charge < -0.3 is 9.88 Å². The zero-order chi connectivity index (χ0) is 17.1. The van der Waals surface area contributed by atoms with Crippen LogP contribution in [-0.2, 0) is 6.42 Å². The first-order valence-electron chi connectivity index (χ1n) is 8.67. The van der Waals surface area contributed by atoms with Crippen molar-refractivity contribution in [2.45, 2.75) is 39.2 Å². The highest BCUT2D eigenvalue weighted by Gasteiger charge is 2.30. The molecule has 24 heavy (non-hydrogen) atoms. The van der Waals surface area contributed by atoms with E-state index in [1.165, 1.54) is 18.9 Å². The minimum absolute atomic E-state index is 0.0105. The number of carbonyl (C=O) groups is 1. The van der Waals surface area contributed by atoms with Gasteiger partial charge in [-0.15, -0.1) is 0 Å². The number of benzene rings is 1. The van der Waals surface area contributed by atoms with Gasteiger partial charge in [-0.1, -0.05) is 37.3 Å². The lowest BCUT2D eigenvalue weighted by Crippen LogP contribution is -2.36. The van der Waals surface area contributed by atoms with Gasteiger partial charge in [0.2, 0.25) is 5.56 Å². The average Bonchev–Trinajstić information content (AvgIpc) is 3.43. The molecule has 1 aliphatic carbocycles. The molecule has 1 fully saturated rings. The summed E-state index contributed by atoms with van der Waals surface area (Å²) in [4.78, 5) is 29.7. The predicted octanol–water partition coefficient (Wildman–Crippen LogP) is 3.55. The molecule has 126 valence electrons. The van der Waals surface area contributed by atoms with E-state index in [1.54, 1.807) is 6.07 Å². The SMILES string of the molecule is CCc1cc(C(=O)N(CC2CC2)C(C)c2ccccc2)cc(=O)[nH]1. The Morgan fingerprint density at radius 1 is 1.25 bits per heavy atom. The quantitative estimate of drug-likeness (QED) is 0.883. The van der Waals surface area contributed by atoms with Crippen LogP contribution in [0.5, 0.6) is 0 Å². The van der Waals surface area contributed by atoms with Crippen molar-refractivity contribution in [3.63, 3.8) is 0 Å². The molecule has 1 aromatic carbocycles. The van der Waals surface area contributed by atoms with E-state index >= 15 is 0 Å². The largest absolute Gasteiger partial charge is 0.332 e. The summed E-state index contributed by atoms with van der Waals surface area (Å²) in [6.07, 6.45) is 3.06. The Labute approximate surface area is 142 Å². The van der Waals surface area contributed by atoms with Crippen molar-refractivity contribution < 1.29 is 4.79 Å². The van der Waals surface area contributed by atoms with Crippen LogP contribution in [0.15, 0.2) is 47.3 Å². The van der Waals surface area contributed by atoms with Crippen LogP contribution in [0, 0.1) is 5.92 Å². The van der Waals surface area contributed by atoms with Gasteiger partial charge in [0.05, 0.1) is 6.04 Å². The molecule has 3 rings (SSSR count). The van der Waals surface area contributed by atoms with Crippen LogP contribution >= 0.6 is 0 Å². The van der Waals surface area contributed by atoms with Crippen LogP contribution in [0.25, 0.3) is 0 Å². The first kappa shape index (κ1) is 16.5. The molecule has 1 atom stereocenters. The zero-order valence-electron chi connectivity index (χ0n) is 14.3. The van der Waals surface area contributed by atoms with Crippen molar-refractivity contribution in [1.29, 1.82) is 0 Å². The Kier molecular flexibility index (Phi) is 4.84. The van der Waals surface area contributed by atoms with Crippen LogP contribution in [0.1, 0.15) is 54.3 Å². The van der Waals surface area contributed by atoms with Gasteiger partial charge in [-0.2, -0.15) is 0 Å². The van der Waals surface area contributed by atoms with Gasteiger partial charge in [-0.3, -0.25) is 9.59 Å². The Morgan fingerprint density at radius 2 is 1.96 bits per heavy atom. The number of hydrogen-bond acceptors (Lipinski definition) is 2. The first-order valence-corrected chi connectivity index (χ1v) is 8.67. The number of amides is 1. The first-order chi connectivity index (χ1) is 11.6. The number of nitrogens with one attached hydrogen (secondary N) is 1. The van der Waals surface area contributed by atoms with E-state index in [0.717, 1.165) is 17.8 Å². The summed E-state index contributed by atoms with van der Waals surface area (Å²) in [7, 11) is 0. The van der Waals surface area contributed by atoms with Crippen molar-refractivity contribution in [3.8, 4) is 0 Å². The fourth-order valence-electron chi connectivity index (χ4n) is 2.99. The summed E-state index contributed by atoms with van der Waals surface area (Å²) in [6.45, 7) is 4.78. The number of carbonyl (C=O) groups excluding carboxylic acids is 1. The second-order valence-corrected chi connectivity index (χ2v) is 6.60. The number of rotatable bonds is 6. The molecular formula is C20H24N2O2. The van der Waals surface area contributed by atoms with Gasteiger partial charge in [0, 0.05) is 23.9 Å². The molecule has 0 aliphatic heterocycles. The molecule has 1 heterocycles. The third-order valence-electron chi connectivity index (χ3n) is 4.69. The second-order valence-electron chi connectivity index (χ2n) is 6.60. The highest BCUT2D eigenvalue weighted by Crippen LogP contribution is 2.33. The van der Waals surface area contributed by atoms with Crippen molar-refractivity contribution in [1.82, 2.24) is 9.88 Å². The molecule has 1 unspecified atom stereocenters. The Hall–Kier alpha value is -2.36. The smallest absolute Gasteiger partial charge is 0.254 e. The van der Waals surface area contributed by atoms with E-state index in [0.29, 0.717) is 17.9 Å². The molecule has 2 aromatic rings. The lowest BCUT2D eigenvalue weighted by Gasteiger charge is -2.30. The van der Waals surface area contributed by atoms with Gasteiger partial charge in [-0.05, 0) is 43.7 Å². The second kappa shape index (κ2) is 7.04. The van der Waals surface area contributed by atoms with E-state index in [4.69, 9.17) is 0 Å². The summed E-state index contributed by atoms with van der Waals surface area (Å²) < 4.78 is 0. The lowest BCUT2D eigenvalue weighted by molar-refractivity contribution is 0.0680. The molecule has 1 N–H and O–H groups in total. The van der Waals surface area contributed by atoms with E-state index in [-0.39, 0.29) is 17.5 Å². The molecule has 0 spiro atoms. The monoisotopic (exact) mass is 324 g/mol. The molecule has 1 amide bonds. The molecular weight excluding hydrogens is 300 g/mol. The predicted molar refractivity (Wildman–Crippen MR) is 95.1 cm³/mol. The highest BCUT2D eigenvalue weighted by molar-refractivity contribution is 5.94. The molecule has 4 nitrogen and oxygen atoms in total. The summed E-state index contributed by atoms with van der Waals surface area (Å²) in [5, 5.41) is 0. The van der Waals surface area contributed by atoms with E-state index < -0.39 is 0 Å². The summed E-state index contributed by atoms with van der Waals surface area (Å²) in [6, 6.07) is 13.3. The standard InChI is InChI=1S/C20H24N2O2/c1-3-18-11-17(12-19(23)21-18)20(24)22(13-15-9-10-15)14(2)16-7-5-4-6-8-16/h4-8,11-12,14-15H,3,9-10,13H2,1-2H3,(H,21,23). The maximum absolute atomic E-state index is 13.1. The molecule has 4 heteroatoms. The molecule has 1 saturated carbocycles. The highest BCUT2D eigenvalue weighted by atomic mass is 16.2. The summed E-state index contributed by atoms with van der Waals surface area (Å²) >= 11 is 0. The van der Waals surface area contributed by atoms with Gasteiger partial charge in [-0.25, -0.2) is 0 Å². The van der Waals surface area contributed by atoms with E-state index in [1.807, 2.05) is 42.2 Å². The maximum atomic E-state index is 13.1. The molecule has 0 saturated heterocycles. The number of aromatic nitrogens is 1. The van der Waals surface area contributed by atoms with E-state index in [2.05, 4.69) is 11.9 Å². The fourth-order valence-corrected chi connectivity index (χ4v) is 2.99. The van der Waals surface area contributed by atoms with Crippen molar-refractivity contribution >= 4 is 5.91 Å². The molecule has 0 bridgehead atoms. The number of aryl methyl sites for hydroxylation is 1. The number of nitrogens with zero attached hydrogens (tertiary/aromatic N) is 1. The molecule has 0 radical (unpaired) electrons. The van der Waals surface area contributed by atoms with Crippen LogP contribution in [-0.4, -0.2) is 22.3 Å². The summed E-state index contributed by atoms with van der Waals surface area (Å²) in [5.41, 5.74) is 2.19. The van der Waals surface area contributed by atoms with Crippen molar-refractivity contribution in [2.75, 3.05) is 6.54 Å². The van der Waals surface area contributed by atoms with Crippen LogP contribution in [0.4, 0.5) is 0 Å². The number of hydrogen-bond donors (Lipinski definition) is 1. The minimum atomic E-state index is -0.212. The van der Waals surface area contributed by atoms with Gasteiger partial charge >= 0.3 is 0 Å². The molecule has 1 aromatic heterocycles. The van der Waals surface area contributed by atoms with Crippen LogP contribution in [0.2, 0.25) is 0 Å². The average molecular weight is 324 g/mol. The summed E-state index contributed by atoms with van der Waals surface area (Å²) in [5.74, 6) is 0.534. The minimum Gasteiger partial charge on any atom is -0.332 e. The van der Waals surface area contributed by atoms with Crippen LogP contribution < -0.4 is 5.56 Å². The van der Waals surface area contributed by atoms with Gasteiger partial charge in [0.1, 0.15) is 0 Å². The number of H-pyrrole nitrogens is 1. The lowest BCUT2D eigenvalue weighted by atomic mass is 10.0. The third-order valence-corrected chi connectivity index (χ3v) is 4.69. The van der Waals surface area contributed by atoms with Gasteiger partial charge in [0.25, 0.3) is 5.91 Å². The van der Waals surface area contributed by atoms with Crippen molar-refractivity contribution in [3.05, 3.63) is 69.6 Å². The van der Waals surface area contributed by atoms with Crippen LogP contribution in [0.3, 0.4) is 0 Å². The van der Waals surface area contributed by atoms with E-state index in [9.17, 15) is 9.59 Å². The zero-order valence-corrected chi connectivity index (χ0v) is 14.3. The normalized spacial score (nSPS) is 15.1.